The van der Waals surface area contributed by atoms with Crippen molar-refractivity contribution >= 4 is 17.9 Å². The molecule has 142 valence electrons. The number of ether oxygens (including phenoxy) is 1. The summed E-state index contributed by atoms with van der Waals surface area (Å²) in [5.41, 5.74) is 0. The number of imide groups is 1. The van der Waals surface area contributed by atoms with Crippen molar-refractivity contribution in [2.24, 2.45) is 4.99 Å². The summed E-state index contributed by atoms with van der Waals surface area (Å²) in [6.07, 6.45) is 0. The fraction of sp³-hybridized carbons (Fsp3) is 0.438. The first-order chi connectivity index (χ1) is 12.5. The number of halogens is 2. The molecule has 8 nitrogen and oxygen atoms in total. The summed E-state index contributed by atoms with van der Waals surface area (Å²) < 4.78 is 31.5. The van der Waals surface area contributed by atoms with E-state index < -0.39 is 17.7 Å². The van der Waals surface area contributed by atoms with E-state index in [1.807, 2.05) is 6.92 Å². The first-order valence-corrected chi connectivity index (χ1v) is 8.19. The first-order valence-electron chi connectivity index (χ1n) is 8.19. The second-order valence-corrected chi connectivity index (χ2v) is 5.31. The summed E-state index contributed by atoms with van der Waals surface area (Å²) in [5.74, 6) is -1.27. The summed E-state index contributed by atoms with van der Waals surface area (Å²) in [7, 11) is 0. The van der Waals surface area contributed by atoms with Gasteiger partial charge >= 0.3 is 6.03 Å². The van der Waals surface area contributed by atoms with Crippen molar-refractivity contribution in [3.63, 3.8) is 0 Å². The molecule has 0 aliphatic carbocycles. The molecule has 0 spiro atoms. The number of aliphatic imine (C=N–C) groups is 1. The van der Waals surface area contributed by atoms with Gasteiger partial charge in [0.25, 0.3) is 0 Å². The minimum atomic E-state index is -0.765. The SMILES string of the molecule is CCNC(=NCCN1C(=O)CNC1=O)NCCOc1ccc(F)cc1F. The van der Waals surface area contributed by atoms with Gasteiger partial charge in [-0.1, -0.05) is 0 Å². The molecule has 3 N–H and O–H groups in total. The Kier molecular flexibility index (Phi) is 7.12. The lowest BCUT2D eigenvalue weighted by molar-refractivity contribution is -0.124. The van der Waals surface area contributed by atoms with E-state index in [4.69, 9.17) is 4.74 Å². The number of hydrogen-bond acceptors (Lipinski definition) is 4. The van der Waals surface area contributed by atoms with Crippen LogP contribution in [0.3, 0.4) is 0 Å². The summed E-state index contributed by atoms with van der Waals surface area (Å²) in [5, 5.41) is 8.42. The lowest BCUT2D eigenvalue weighted by atomic mass is 10.3. The number of benzene rings is 1. The maximum atomic E-state index is 13.4. The summed E-state index contributed by atoms with van der Waals surface area (Å²) in [6, 6.07) is 2.68. The smallest absolute Gasteiger partial charge is 0.324 e. The number of carbonyl (C=O) groups excluding carboxylic acids is 2. The van der Waals surface area contributed by atoms with Gasteiger partial charge in [-0.05, 0) is 19.1 Å². The van der Waals surface area contributed by atoms with Crippen LogP contribution in [-0.2, 0) is 4.79 Å². The van der Waals surface area contributed by atoms with Crippen LogP contribution in [0, 0.1) is 11.6 Å². The second kappa shape index (κ2) is 9.54. The Labute approximate surface area is 149 Å². The fourth-order valence-corrected chi connectivity index (χ4v) is 2.21. The normalized spacial score (nSPS) is 14.4. The monoisotopic (exact) mass is 369 g/mol. The summed E-state index contributed by atoms with van der Waals surface area (Å²) in [4.78, 5) is 28.3. The third-order valence-electron chi connectivity index (χ3n) is 3.42. The molecular formula is C16H21F2N5O3. The Bertz CT molecular complexity index is 668. The lowest BCUT2D eigenvalue weighted by Gasteiger charge is -2.14. The standard InChI is InChI=1S/C16H21F2N5O3/c1-2-19-15(20-5-7-23-14(24)10-22-16(23)25)21-6-8-26-13-4-3-11(17)9-12(13)18/h3-4,9H,2,5-8,10H2,1H3,(H,22,25)(H2,19,20,21). The van der Waals surface area contributed by atoms with Crippen LogP contribution >= 0.6 is 0 Å². The summed E-state index contributed by atoms with van der Waals surface area (Å²) >= 11 is 0. The van der Waals surface area contributed by atoms with E-state index in [9.17, 15) is 18.4 Å². The Morgan fingerprint density at radius 3 is 2.81 bits per heavy atom. The third-order valence-corrected chi connectivity index (χ3v) is 3.42. The van der Waals surface area contributed by atoms with Crippen LogP contribution in [0.1, 0.15) is 6.92 Å². The molecule has 0 atom stereocenters. The lowest BCUT2D eigenvalue weighted by Crippen LogP contribution is -2.40. The van der Waals surface area contributed by atoms with Crippen molar-refractivity contribution in [2.45, 2.75) is 6.92 Å². The van der Waals surface area contributed by atoms with Crippen molar-refractivity contribution in [3.8, 4) is 5.75 Å². The van der Waals surface area contributed by atoms with Crippen molar-refractivity contribution in [1.29, 1.82) is 0 Å². The predicted octanol–water partition coefficient (Wildman–Crippen LogP) is 0.451. The zero-order chi connectivity index (χ0) is 18.9. The van der Waals surface area contributed by atoms with Crippen molar-refractivity contribution in [3.05, 3.63) is 29.8 Å². The van der Waals surface area contributed by atoms with Crippen LogP contribution in [0.15, 0.2) is 23.2 Å². The molecule has 1 aliphatic rings. The number of guanidine groups is 1. The number of nitrogens with one attached hydrogen (secondary N) is 3. The Balaban J connectivity index is 1.76. The third kappa shape index (κ3) is 5.57. The quantitative estimate of drug-likeness (QED) is 0.268. The largest absolute Gasteiger partial charge is 0.489 e. The van der Waals surface area contributed by atoms with Crippen molar-refractivity contribution in [1.82, 2.24) is 20.9 Å². The van der Waals surface area contributed by atoms with E-state index >= 15 is 0 Å². The Morgan fingerprint density at radius 2 is 2.15 bits per heavy atom. The molecule has 1 saturated heterocycles. The minimum Gasteiger partial charge on any atom is -0.489 e. The average Bonchev–Trinajstić information content (AvgIpc) is 2.92. The van der Waals surface area contributed by atoms with Crippen molar-refractivity contribution in [2.75, 3.05) is 39.3 Å². The Morgan fingerprint density at radius 1 is 1.35 bits per heavy atom. The van der Waals surface area contributed by atoms with Crippen LogP contribution in [0.25, 0.3) is 0 Å². The maximum Gasteiger partial charge on any atom is 0.324 e. The molecule has 0 bridgehead atoms. The maximum absolute atomic E-state index is 13.4. The van der Waals surface area contributed by atoms with Crippen LogP contribution in [0.5, 0.6) is 5.75 Å². The van der Waals surface area contributed by atoms with Crippen LogP contribution in [-0.4, -0.2) is 62.1 Å². The van der Waals surface area contributed by atoms with E-state index in [0.717, 1.165) is 17.0 Å². The summed E-state index contributed by atoms with van der Waals surface area (Å²) in [6.45, 7) is 3.39. The van der Waals surface area contributed by atoms with E-state index in [0.29, 0.717) is 19.0 Å². The molecule has 0 aromatic heterocycles. The highest BCUT2D eigenvalue weighted by atomic mass is 19.1. The topological polar surface area (TPSA) is 95.1 Å². The van der Waals surface area contributed by atoms with E-state index in [1.54, 1.807) is 0 Å². The minimum absolute atomic E-state index is 0.0121. The number of amides is 3. The van der Waals surface area contributed by atoms with E-state index in [2.05, 4.69) is 20.9 Å². The number of urea groups is 1. The van der Waals surface area contributed by atoms with Gasteiger partial charge in [-0.2, -0.15) is 0 Å². The number of nitrogens with zero attached hydrogens (tertiary/aromatic N) is 2. The fourth-order valence-electron chi connectivity index (χ4n) is 2.21. The molecule has 2 rings (SSSR count). The molecule has 0 unspecified atom stereocenters. The van der Waals surface area contributed by atoms with Gasteiger partial charge in [-0.3, -0.25) is 14.7 Å². The van der Waals surface area contributed by atoms with E-state index in [1.165, 1.54) is 6.07 Å². The predicted molar refractivity (Wildman–Crippen MR) is 90.9 cm³/mol. The molecule has 1 fully saturated rings. The zero-order valence-electron chi connectivity index (χ0n) is 14.3. The Hall–Kier alpha value is -2.91. The molecule has 3 amide bonds. The van der Waals surface area contributed by atoms with Crippen LogP contribution in [0.2, 0.25) is 0 Å². The molecule has 0 radical (unpaired) electrons. The van der Waals surface area contributed by atoms with Gasteiger partial charge in [0.05, 0.1) is 26.2 Å². The molecule has 10 heteroatoms. The molecule has 26 heavy (non-hydrogen) atoms. The molecule has 1 aromatic rings. The van der Waals surface area contributed by atoms with E-state index in [-0.39, 0.29) is 37.9 Å². The van der Waals surface area contributed by atoms with Crippen molar-refractivity contribution < 1.29 is 23.1 Å². The van der Waals surface area contributed by atoms with Crippen LogP contribution in [0.4, 0.5) is 13.6 Å². The average molecular weight is 369 g/mol. The van der Waals surface area contributed by atoms with Gasteiger partial charge in [0.2, 0.25) is 5.91 Å². The molecule has 1 heterocycles. The zero-order valence-corrected chi connectivity index (χ0v) is 14.3. The van der Waals surface area contributed by atoms with Gasteiger partial charge in [0.1, 0.15) is 12.4 Å². The van der Waals surface area contributed by atoms with Gasteiger partial charge in [0.15, 0.2) is 17.5 Å². The van der Waals surface area contributed by atoms with Gasteiger partial charge in [0, 0.05) is 12.6 Å². The van der Waals surface area contributed by atoms with Gasteiger partial charge in [-0.25, -0.2) is 13.6 Å². The molecule has 1 aliphatic heterocycles. The molecule has 0 saturated carbocycles. The van der Waals surface area contributed by atoms with Gasteiger partial charge in [-0.15, -0.1) is 0 Å². The first kappa shape index (κ1) is 19.4. The second-order valence-electron chi connectivity index (χ2n) is 5.31. The number of hydrogen-bond donors (Lipinski definition) is 3. The molecular weight excluding hydrogens is 348 g/mol. The highest BCUT2D eigenvalue weighted by Gasteiger charge is 2.27. The van der Waals surface area contributed by atoms with Crippen LogP contribution < -0.4 is 20.7 Å². The molecule has 1 aromatic carbocycles. The van der Waals surface area contributed by atoms with Gasteiger partial charge < -0.3 is 20.7 Å². The highest BCUT2D eigenvalue weighted by Crippen LogP contribution is 2.17. The number of rotatable bonds is 8. The highest BCUT2D eigenvalue weighted by molar-refractivity contribution is 6.01. The number of carbonyl (C=O) groups is 2.